The van der Waals surface area contributed by atoms with Crippen molar-refractivity contribution in [1.29, 1.82) is 5.26 Å². The molecule has 1 atom stereocenters. The van der Waals surface area contributed by atoms with Crippen molar-refractivity contribution in [3.8, 4) is 6.07 Å². The average Bonchev–Trinajstić information content (AvgIpc) is 2.65. The molecule has 1 aromatic carbocycles. The van der Waals surface area contributed by atoms with Crippen molar-refractivity contribution in [2.24, 2.45) is 5.92 Å². The number of likely N-dealkylation sites (tertiary alicyclic amines) is 1. The second-order valence-electron chi connectivity index (χ2n) is 8.24. The lowest BCUT2D eigenvalue weighted by Gasteiger charge is -2.36. The van der Waals surface area contributed by atoms with E-state index in [1.807, 2.05) is 45.9 Å². The van der Waals surface area contributed by atoms with Crippen molar-refractivity contribution in [2.45, 2.75) is 72.1 Å². The molecule has 1 unspecified atom stereocenters. The zero-order chi connectivity index (χ0) is 21.0. The van der Waals surface area contributed by atoms with Gasteiger partial charge in [-0.05, 0) is 71.5 Å². The molecule has 5 heteroatoms. The van der Waals surface area contributed by atoms with Crippen LogP contribution in [-0.2, 0) is 20.9 Å². The molecular formula is C23H36N2O3. The molecular weight excluding hydrogens is 352 g/mol. The lowest BCUT2D eigenvalue weighted by molar-refractivity contribution is -0.161. The van der Waals surface area contributed by atoms with Gasteiger partial charge in [-0.1, -0.05) is 30.3 Å². The summed E-state index contributed by atoms with van der Waals surface area (Å²) >= 11 is 0. The molecule has 2 rings (SSSR count). The van der Waals surface area contributed by atoms with Gasteiger partial charge in [0.05, 0.1) is 12.7 Å². The molecule has 0 N–H and O–H groups in total. The fraction of sp³-hybridized carbons (Fsp3) is 0.652. The third-order valence-corrected chi connectivity index (χ3v) is 4.73. The van der Waals surface area contributed by atoms with Gasteiger partial charge in [0.2, 0.25) is 0 Å². The molecule has 0 aromatic heterocycles. The van der Waals surface area contributed by atoms with Gasteiger partial charge in [-0.15, -0.1) is 0 Å². The third-order valence-electron chi connectivity index (χ3n) is 4.73. The van der Waals surface area contributed by atoms with Crippen molar-refractivity contribution >= 4 is 5.97 Å². The first kappa shape index (κ1) is 24.1. The van der Waals surface area contributed by atoms with Crippen molar-refractivity contribution in [3.05, 3.63) is 35.9 Å². The lowest BCUT2D eigenvalue weighted by atomic mass is 9.93. The van der Waals surface area contributed by atoms with E-state index in [-0.39, 0.29) is 12.0 Å². The van der Waals surface area contributed by atoms with Crippen LogP contribution in [-0.4, -0.2) is 42.2 Å². The summed E-state index contributed by atoms with van der Waals surface area (Å²) in [5, 5.41) is 7.32. The Morgan fingerprint density at radius 2 is 1.82 bits per heavy atom. The van der Waals surface area contributed by atoms with E-state index in [4.69, 9.17) is 14.7 Å². The maximum absolute atomic E-state index is 12.2. The molecule has 1 heterocycles. The normalized spacial score (nSPS) is 16.4. The summed E-state index contributed by atoms with van der Waals surface area (Å²) < 4.78 is 11.3. The minimum absolute atomic E-state index is 0.114. The fourth-order valence-corrected chi connectivity index (χ4v) is 3.18. The first-order valence-corrected chi connectivity index (χ1v) is 10.2. The standard InChI is InChI=1S/C21H33NO3.C2H3N/c1-17(20(23)25-21(2,3)4)22-13-10-18(11-14-22)12-15-24-16-19-8-6-5-7-9-19;1-2-3/h5-9,17-18H,10-16H2,1-4H3;1H3. The van der Waals surface area contributed by atoms with Crippen molar-refractivity contribution in [1.82, 2.24) is 4.90 Å². The molecule has 0 radical (unpaired) electrons. The molecule has 1 aromatic rings. The van der Waals surface area contributed by atoms with Crippen LogP contribution in [0.5, 0.6) is 0 Å². The lowest BCUT2D eigenvalue weighted by Crippen LogP contribution is -2.46. The monoisotopic (exact) mass is 388 g/mol. The molecule has 0 amide bonds. The van der Waals surface area contributed by atoms with E-state index in [0.29, 0.717) is 12.5 Å². The number of nitriles is 1. The van der Waals surface area contributed by atoms with Crippen LogP contribution in [0.1, 0.15) is 59.4 Å². The van der Waals surface area contributed by atoms with E-state index in [2.05, 4.69) is 17.0 Å². The van der Waals surface area contributed by atoms with E-state index in [1.165, 1.54) is 12.5 Å². The number of hydrogen-bond donors (Lipinski definition) is 0. The highest BCUT2D eigenvalue weighted by molar-refractivity contribution is 5.75. The van der Waals surface area contributed by atoms with E-state index in [9.17, 15) is 4.79 Å². The van der Waals surface area contributed by atoms with Gasteiger partial charge in [0.25, 0.3) is 0 Å². The predicted octanol–water partition coefficient (Wildman–Crippen LogP) is 4.57. The summed E-state index contributed by atoms with van der Waals surface area (Å²) in [7, 11) is 0. The highest BCUT2D eigenvalue weighted by atomic mass is 16.6. The van der Waals surface area contributed by atoms with Gasteiger partial charge in [-0.25, -0.2) is 0 Å². The molecule has 1 aliphatic rings. The van der Waals surface area contributed by atoms with Crippen LogP contribution in [0.2, 0.25) is 0 Å². The Morgan fingerprint density at radius 3 is 2.36 bits per heavy atom. The van der Waals surface area contributed by atoms with Crippen LogP contribution in [0.4, 0.5) is 0 Å². The summed E-state index contributed by atoms with van der Waals surface area (Å²) in [4.78, 5) is 14.4. The first-order chi connectivity index (χ1) is 13.3. The van der Waals surface area contributed by atoms with Crippen LogP contribution in [0.15, 0.2) is 30.3 Å². The molecule has 0 bridgehead atoms. The van der Waals surface area contributed by atoms with Crippen LogP contribution in [0.25, 0.3) is 0 Å². The van der Waals surface area contributed by atoms with Crippen molar-refractivity contribution in [2.75, 3.05) is 19.7 Å². The number of piperidine rings is 1. The van der Waals surface area contributed by atoms with Gasteiger partial charge in [0.15, 0.2) is 0 Å². The van der Waals surface area contributed by atoms with Crippen LogP contribution < -0.4 is 0 Å². The largest absolute Gasteiger partial charge is 0.459 e. The molecule has 0 saturated carbocycles. The number of carbonyl (C=O) groups is 1. The van der Waals surface area contributed by atoms with Gasteiger partial charge in [0.1, 0.15) is 11.6 Å². The molecule has 1 fully saturated rings. The van der Waals surface area contributed by atoms with Crippen molar-refractivity contribution in [3.63, 3.8) is 0 Å². The molecule has 5 nitrogen and oxygen atoms in total. The molecule has 28 heavy (non-hydrogen) atoms. The number of carbonyl (C=O) groups excluding carboxylic acids is 1. The van der Waals surface area contributed by atoms with Crippen LogP contribution in [0, 0.1) is 17.2 Å². The Bertz CT molecular complexity index is 597. The number of esters is 1. The molecule has 0 spiro atoms. The summed E-state index contributed by atoms with van der Waals surface area (Å²) in [5.41, 5.74) is 0.809. The second kappa shape index (κ2) is 12.5. The maximum Gasteiger partial charge on any atom is 0.323 e. The molecule has 156 valence electrons. The van der Waals surface area contributed by atoms with Gasteiger partial charge < -0.3 is 9.47 Å². The number of nitrogens with zero attached hydrogens (tertiary/aromatic N) is 2. The smallest absolute Gasteiger partial charge is 0.323 e. The Hall–Kier alpha value is -1.90. The van der Waals surface area contributed by atoms with Gasteiger partial charge in [-0.3, -0.25) is 9.69 Å². The Balaban J connectivity index is 0.00000122. The van der Waals surface area contributed by atoms with Gasteiger partial charge >= 0.3 is 5.97 Å². The molecule has 1 aliphatic heterocycles. The van der Waals surface area contributed by atoms with E-state index < -0.39 is 5.60 Å². The third kappa shape index (κ3) is 9.87. The minimum atomic E-state index is -0.417. The zero-order valence-electron chi connectivity index (χ0n) is 18.1. The summed E-state index contributed by atoms with van der Waals surface area (Å²) in [6.07, 6.45) is 3.35. The second-order valence-corrected chi connectivity index (χ2v) is 8.24. The topological polar surface area (TPSA) is 62.6 Å². The summed E-state index contributed by atoms with van der Waals surface area (Å²) in [5.74, 6) is 0.579. The average molecular weight is 389 g/mol. The van der Waals surface area contributed by atoms with E-state index >= 15 is 0 Å². The summed E-state index contributed by atoms with van der Waals surface area (Å²) in [6.45, 7) is 12.6. The Morgan fingerprint density at radius 1 is 1.25 bits per heavy atom. The maximum atomic E-state index is 12.2. The number of benzene rings is 1. The first-order valence-electron chi connectivity index (χ1n) is 10.2. The fourth-order valence-electron chi connectivity index (χ4n) is 3.18. The molecule has 1 saturated heterocycles. The number of ether oxygens (including phenoxy) is 2. The van der Waals surface area contributed by atoms with E-state index in [1.54, 1.807) is 6.07 Å². The summed E-state index contributed by atoms with van der Waals surface area (Å²) in [6, 6.07) is 11.9. The van der Waals surface area contributed by atoms with Crippen molar-refractivity contribution < 1.29 is 14.3 Å². The predicted molar refractivity (Wildman–Crippen MR) is 112 cm³/mol. The molecule has 0 aliphatic carbocycles. The quantitative estimate of drug-likeness (QED) is 0.506. The van der Waals surface area contributed by atoms with Gasteiger partial charge in [-0.2, -0.15) is 5.26 Å². The van der Waals surface area contributed by atoms with Gasteiger partial charge in [0, 0.05) is 13.5 Å². The Labute approximate surface area is 170 Å². The number of rotatable bonds is 7. The SMILES string of the molecule is CC#N.CC(C(=O)OC(C)(C)C)N1CCC(CCOCc2ccccc2)CC1. The highest BCUT2D eigenvalue weighted by Crippen LogP contribution is 2.23. The van der Waals surface area contributed by atoms with Crippen LogP contribution >= 0.6 is 0 Å². The minimum Gasteiger partial charge on any atom is -0.459 e. The highest BCUT2D eigenvalue weighted by Gasteiger charge is 2.29. The van der Waals surface area contributed by atoms with E-state index in [0.717, 1.165) is 39.0 Å². The van der Waals surface area contributed by atoms with Crippen LogP contribution in [0.3, 0.4) is 0 Å². The number of hydrogen-bond acceptors (Lipinski definition) is 5. The zero-order valence-corrected chi connectivity index (χ0v) is 18.1. The Kier molecular flexibility index (Phi) is 10.8.